The van der Waals surface area contributed by atoms with E-state index < -0.39 is 0 Å². The molecule has 0 saturated heterocycles. The third-order valence-corrected chi connectivity index (χ3v) is 5.61. The van der Waals surface area contributed by atoms with E-state index in [0.717, 1.165) is 5.92 Å². The van der Waals surface area contributed by atoms with E-state index in [1.54, 1.807) is 24.3 Å². The minimum absolute atomic E-state index is 0.0598. The molecule has 0 radical (unpaired) electrons. The lowest BCUT2D eigenvalue weighted by Gasteiger charge is -2.39. The molecule has 2 bridgehead atoms. The van der Waals surface area contributed by atoms with E-state index in [9.17, 15) is 10.2 Å². The van der Waals surface area contributed by atoms with Crippen molar-refractivity contribution in [1.29, 1.82) is 0 Å². The van der Waals surface area contributed by atoms with Crippen LogP contribution in [0.5, 0.6) is 11.5 Å². The van der Waals surface area contributed by atoms with Gasteiger partial charge in [0.2, 0.25) is 0 Å². The lowest BCUT2D eigenvalue weighted by atomic mass is 9.64. The zero-order valence-corrected chi connectivity index (χ0v) is 12.0. The largest absolute Gasteiger partial charge is 0.508 e. The van der Waals surface area contributed by atoms with Crippen LogP contribution in [-0.4, -0.2) is 10.2 Å². The Balaban J connectivity index is 1.87. The fourth-order valence-electron chi connectivity index (χ4n) is 4.72. The molecule has 108 valence electrons. The van der Waals surface area contributed by atoms with Gasteiger partial charge in [-0.3, -0.25) is 0 Å². The molecule has 2 aliphatic carbocycles. The zero-order valence-electron chi connectivity index (χ0n) is 12.0. The van der Waals surface area contributed by atoms with Crippen LogP contribution in [-0.2, 0) is 5.41 Å². The molecular weight excluding hydrogens is 260 g/mol. The summed E-state index contributed by atoms with van der Waals surface area (Å²) in [5.41, 5.74) is 2.67. The number of phenols is 2. The van der Waals surface area contributed by atoms with Crippen molar-refractivity contribution < 1.29 is 10.2 Å². The first-order valence-electron chi connectivity index (χ1n) is 7.77. The van der Waals surface area contributed by atoms with Gasteiger partial charge in [-0.05, 0) is 66.5 Å². The number of aromatic hydroxyl groups is 2. The van der Waals surface area contributed by atoms with Crippen molar-refractivity contribution >= 4 is 0 Å². The van der Waals surface area contributed by atoms with E-state index in [0.29, 0.717) is 17.4 Å². The first-order chi connectivity index (χ1) is 10.2. The molecule has 0 aromatic heterocycles. The highest BCUT2D eigenvalue weighted by atomic mass is 16.3. The van der Waals surface area contributed by atoms with Crippen LogP contribution in [0.3, 0.4) is 0 Å². The molecule has 2 aromatic carbocycles. The van der Waals surface area contributed by atoms with Crippen LogP contribution in [0.2, 0.25) is 0 Å². The van der Waals surface area contributed by atoms with E-state index in [4.69, 9.17) is 0 Å². The summed E-state index contributed by atoms with van der Waals surface area (Å²) in [5, 5.41) is 19.2. The van der Waals surface area contributed by atoms with Crippen molar-refractivity contribution in [3.8, 4) is 11.5 Å². The smallest absolute Gasteiger partial charge is 0.115 e. The van der Waals surface area contributed by atoms with E-state index in [1.807, 2.05) is 0 Å². The first kappa shape index (κ1) is 12.8. The second-order valence-electron chi connectivity index (χ2n) is 6.65. The Hall–Kier alpha value is -1.96. The highest BCUT2D eigenvalue weighted by Crippen LogP contribution is 2.60. The van der Waals surface area contributed by atoms with Gasteiger partial charge in [0.1, 0.15) is 11.5 Å². The molecule has 2 aliphatic rings. The summed E-state index contributed by atoms with van der Waals surface area (Å²) in [7, 11) is 0. The topological polar surface area (TPSA) is 40.5 Å². The fourth-order valence-corrected chi connectivity index (χ4v) is 4.72. The molecule has 2 heteroatoms. The predicted molar refractivity (Wildman–Crippen MR) is 82.4 cm³/mol. The molecule has 0 spiro atoms. The average Bonchev–Trinajstić information content (AvgIpc) is 3.10. The van der Waals surface area contributed by atoms with Crippen molar-refractivity contribution in [2.75, 3.05) is 0 Å². The van der Waals surface area contributed by atoms with Gasteiger partial charge in [0.05, 0.1) is 0 Å². The molecule has 2 N–H and O–H groups in total. The summed E-state index contributed by atoms with van der Waals surface area (Å²) in [6.45, 7) is 0. The lowest BCUT2D eigenvalue weighted by molar-refractivity contribution is 0.319. The number of phenolic OH excluding ortho intramolecular Hbond substituents is 2. The second-order valence-corrected chi connectivity index (χ2v) is 6.65. The second kappa shape index (κ2) is 4.52. The van der Waals surface area contributed by atoms with Crippen molar-refractivity contribution in [1.82, 2.24) is 0 Å². The van der Waals surface area contributed by atoms with Crippen LogP contribution in [0.25, 0.3) is 0 Å². The third-order valence-electron chi connectivity index (χ3n) is 5.61. The fraction of sp³-hybridized carbons (Fsp3) is 0.368. The summed E-state index contributed by atoms with van der Waals surface area (Å²) in [5.74, 6) is 2.14. The Labute approximate surface area is 125 Å². The average molecular weight is 280 g/mol. The van der Waals surface area contributed by atoms with Gasteiger partial charge >= 0.3 is 0 Å². The monoisotopic (exact) mass is 280 g/mol. The van der Waals surface area contributed by atoms with Gasteiger partial charge in [0.25, 0.3) is 0 Å². The predicted octanol–water partition coefficient (Wildman–Crippen LogP) is 4.20. The molecule has 2 fully saturated rings. The zero-order chi connectivity index (χ0) is 14.4. The van der Waals surface area contributed by atoms with Crippen LogP contribution < -0.4 is 0 Å². The number of benzene rings is 2. The molecule has 2 saturated carbocycles. The van der Waals surface area contributed by atoms with Crippen molar-refractivity contribution in [3.05, 3.63) is 59.7 Å². The van der Waals surface area contributed by atoms with E-state index in [1.165, 1.54) is 36.8 Å². The van der Waals surface area contributed by atoms with Gasteiger partial charge in [-0.25, -0.2) is 0 Å². The van der Waals surface area contributed by atoms with Gasteiger partial charge in [0.15, 0.2) is 0 Å². The Morgan fingerprint density at radius 1 is 0.762 bits per heavy atom. The molecule has 0 heterocycles. The molecule has 2 unspecified atom stereocenters. The summed E-state index contributed by atoms with van der Waals surface area (Å²) in [6, 6.07) is 15.5. The molecular formula is C19H20O2. The summed E-state index contributed by atoms with van der Waals surface area (Å²) >= 11 is 0. The van der Waals surface area contributed by atoms with Crippen LogP contribution in [0.4, 0.5) is 0 Å². The first-order valence-corrected chi connectivity index (χ1v) is 7.77. The molecule has 2 atom stereocenters. The number of hydrogen-bond acceptors (Lipinski definition) is 2. The van der Waals surface area contributed by atoms with Crippen LogP contribution in [0, 0.1) is 11.8 Å². The molecule has 0 amide bonds. The number of fused-ring (bicyclic) bond motifs is 2. The Morgan fingerprint density at radius 3 is 1.67 bits per heavy atom. The molecule has 0 aliphatic heterocycles. The molecule has 21 heavy (non-hydrogen) atoms. The van der Waals surface area contributed by atoms with E-state index >= 15 is 0 Å². The standard InChI is InChI=1S/C19H20O2/c20-17-7-3-14(4-8-17)19(12-13-1-2-16(19)11-13)15-5-9-18(21)10-6-15/h3-10,13,16,20-21H,1-2,11-12H2. The quantitative estimate of drug-likeness (QED) is 0.865. The lowest BCUT2D eigenvalue weighted by Crippen LogP contribution is -2.33. The van der Waals surface area contributed by atoms with Crippen LogP contribution in [0.1, 0.15) is 36.8 Å². The normalized spacial score (nSPS) is 26.1. The van der Waals surface area contributed by atoms with Gasteiger partial charge in [-0.1, -0.05) is 30.7 Å². The number of rotatable bonds is 2. The van der Waals surface area contributed by atoms with Crippen molar-refractivity contribution in [3.63, 3.8) is 0 Å². The van der Waals surface area contributed by atoms with Gasteiger partial charge in [0, 0.05) is 5.41 Å². The van der Waals surface area contributed by atoms with Crippen LogP contribution >= 0.6 is 0 Å². The summed E-state index contributed by atoms with van der Waals surface area (Å²) in [6.07, 6.45) is 5.13. The van der Waals surface area contributed by atoms with Crippen LogP contribution in [0.15, 0.2) is 48.5 Å². The third kappa shape index (κ3) is 1.85. The highest BCUT2D eigenvalue weighted by Gasteiger charge is 2.52. The minimum atomic E-state index is 0.0598. The van der Waals surface area contributed by atoms with Gasteiger partial charge in [-0.15, -0.1) is 0 Å². The Bertz CT molecular complexity index is 597. The summed E-state index contributed by atoms with van der Waals surface area (Å²) in [4.78, 5) is 0. The van der Waals surface area contributed by atoms with E-state index in [2.05, 4.69) is 24.3 Å². The van der Waals surface area contributed by atoms with Gasteiger partial charge in [-0.2, -0.15) is 0 Å². The molecule has 2 aromatic rings. The minimum Gasteiger partial charge on any atom is -0.508 e. The number of hydrogen-bond donors (Lipinski definition) is 2. The Morgan fingerprint density at radius 2 is 1.29 bits per heavy atom. The molecule has 4 rings (SSSR count). The molecule has 2 nitrogen and oxygen atoms in total. The maximum Gasteiger partial charge on any atom is 0.115 e. The Kier molecular flexibility index (Phi) is 2.75. The maximum absolute atomic E-state index is 9.59. The SMILES string of the molecule is Oc1ccc(C2(c3ccc(O)cc3)CC3CCC2C3)cc1. The highest BCUT2D eigenvalue weighted by molar-refractivity contribution is 5.45. The van der Waals surface area contributed by atoms with Crippen molar-refractivity contribution in [2.24, 2.45) is 11.8 Å². The van der Waals surface area contributed by atoms with Crippen molar-refractivity contribution in [2.45, 2.75) is 31.1 Å². The van der Waals surface area contributed by atoms with E-state index in [-0.39, 0.29) is 5.41 Å². The summed E-state index contributed by atoms with van der Waals surface area (Å²) < 4.78 is 0. The maximum atomic E-state index is 9.59. The van der Waals surface area contributed by atoms with Gasteiger partial charge < -0.3 is 10.2 Å².